The van der Waals surface area contributed by atoms with Crippen LogP contribution in [0.2, 0.25) is 0 Å². The van der Waals surface area contributed by atoms with E-state index in [1.165, 1.54) is 28.8 Å². The molecule has 1 aliphatic heterocycles. The second-order valence-corrected chi connectivity index (χ2v) is 7.97. The molecule has 1 heterocycles. The zero-order valence-electron chi connectivity index (χ0n) is 16.6. The number of piperazine rings is 1. The highest BCUT2D eigenvalue weighted by molar-refractivity contribution is 5.98. The molecule has 4 nitrogen and oxygen atoms in total. The van der Waals surface area contributed by atoms with E-state index < -0.39 is 0 Å². The van der Waals surface area contributed by atoms with E-state index in [2.05, 4.69) is 42.2 Å². The number of amides is 1. The van der Waals surface area contributed by atoms with Crippen molar-refractivity contribution in [2.24, 2.45) is 0 Å². The van der Waals surface area contributed by atoms with Crippen molar-refractivity contribution in [1.29, 1.82) is 0 Å². The Bertz CT molecular complexity index is 882. The van der Waals surface area contributed by atoms with Crippen molar-refractivity contribution in [3.8, 4) is 0 Å². The van der Waals surface area contributed by atoms with Gasteiger partial charge in [-0.2, -0.15) is 0 Å². The fourth-order valence-corrected chi connectivity index (χ4v) is 4.31. The fraction of sp³-hybridized carbons (Fsp3) is 0.417. The van der Waals surface area contributed by atoms with Crippen molar-refractivity contribution in [1.82, 2.24) is 4.90 Å². The molecule has 0 saturated carbocycles. The van der Waals surface area contributed by atoms with Gasteiger partial charge in [0, 0.05) is 50.3 Å². The third-order valence-corrected chi connectivity index (χ3v) is 5.99. The summed E-state index contributed by atoms with van der Waals surface area (Å²) < 4.78 is 0. The molecule has 4 rings (SSSR count). The fourth-order valence-electron chi connectivity index (χ4n) is 4.31. The number of hydrogen-bond acceptors (Lipinski definition) is 3. The quantitative estimate of drug-likeness (QED) is 0.746. The average molecular weight is 377 g/mol. The molecule has 1 fully saturated rings. The van der Waals surface area contributed by atoms with Crippen molar-refractivity contribution < 1.29 is 9.59 Å². The van der Waals surface area contributed by atoms with Crippen LogP contribution in [-0.2, 0) is 17.6 Å². The van der Waals surface area contributed by atoms with Crippen LogP contribution < -0.4 is 4.90 Å². The van der Waals surface area contributed by atoms with E-state index in [9.17, 15) is 9.59 Å². The van der Waals surface area contributed by atoms with E-state index in [0.29, 0.717) is 12.8 Å². The molecule has 0 bridgehead atoms. The molecule has 0 atom stereocenters. The molecule has 146 valence electrons. The topological polar surface area (TPSA) is 40.6 Å². The maximum atomic E-state index is 12.6. The largest absolute Gasteiger partial charge is 0.368 e. The van der Waals surface area contributed by atoms with Crippen LogP contribution in [0.15, 0.2) is 42.5 Å². The standard InChI is InChI=1S/C24H28N2O2/c1-18-4-2-7-22(16-18)25-12-14-26(15-13-25)24(28)11-10-23(27)21-9-8-19-5-3-6-20(19)17-21/h2,4,7-9,16-17H,3,5-6,10-15H2,1H3. The summed E-state index contributed by atoms with van der Waals surface area (Å²) in [5.41, 5.74) is 5.92. The number of nitrogens with zero attached hydrogens (tertiary/aromatic N) is 2. The molecule has 2 aromatic rings. The summed E-state index contributed by atoms with van der Waals surface area (Å²) in [7, 11) is 0. The van der Waals surface area contributed by atoms with Crippen molar-refractivity contribution >= 4 is 17.4 Å². The Kier molecular flexibility index (Phi) is 5.47. The lowest BCUT2D eigenvalue weighted by molar-refractivity contribution is -0.131. The first-order valence-electron chi connectivity index (χ1n) is 10.3. The molecule has 0 spiro atoms. The second-order valence-electron chi connectivity index (χ2n) is 7.97. The van der Waals surface area contributed by atoms with Crippen LogP contribution in [0.5, 0.6) is 0 Å². The van der Waals surface area contributed by atoms with Crippen LogP contribution in [-0.4, -0.2) is 42.8 Å². The minimum absolute atomic E-state index is 0.0847. The van der Waals surface area contributed by atoms with Gasteiger partial charge in [0.25, 0.3) is 0 Å². The van der Waals surface area contributed by atoms with Gasteiger partial charge in [-0.3, -0.25) is 9.59 Å². The highest BCUT2D eigenvalue weighted by atomic mass is 16.2. The van der Waals surface area contributed by atoms with Gasteiger partial charge in [-0.25, -0.2) is 0 Å². The number of aryl methyl sites for hydroxylation is 3. The van der Waals surface area contributed by atoms with Gasteiger partial charge in [0.15, 0.2) is 5.78 Å². The van der Waals surface area contributed by atoms with E-state index in [-0.39, 0.29) is 11.7 Å². The van der Waals surface area contributed by atoms with Gasteiger partial charge in [0.2, 0.25) is 5.91 Å². The molecule has 0 radical (unpaired) electrons. The summed E-state index contributed by atoms with van der Waals surface area (Å²) >= 11 is 0. The zero-order chi connectivity index (χ0) is 19.5. The third-order valence-electron chi connectivity index (χ3n) is 5.99. The number of rotatable bonds is 5. The van der Waals surface area contributed by atoms with Gasteiger partial charge >= 0.3 is 0 Å². The Morgan fingerprint density at radius 2 is 1.68 bits per heavy atom. The Balaban J connectivity index is 1.27. The molecule has 1 amide bonds. The normalized spacial score (nSPS) is 16.2. The van der Waals surface area contributed by atoms with E-state index in [1.54, 1.807) is 0 Å². The first kappa shape index (κ1) is 18.7. The van der Waals surface area contributed by atoms with Gasteiger partial charge in [0.05, 0.1) is 0 Å². The molecule has 0 unspecified atom stereocenters. The SMILES string of the molecule is Cc1cccc(N2CCN(C(=O)CCC(=O)c3ccc4c(c3)CCC4)CC2)c1. The first-order valence-corrected chi connectivity index (χ1v) is 10.3. The molecule has 2 aliphatic rings. The van der Waals surface area contributed by atoms with Gasteiger partial charge < -0.3 is 9.80 Å². The maximum absolute atomic E-state index is 12.6. The number of benzene rings is 2. The van der Waals surface area contributed by atoms with Crippen molar-refractivity contribution in [2.45, 2.75) is 39.0 Å². The van der Waals surface area contributed by atoms with E-state index in [0.717, 1.165) is 44.6 Å². The van der Waals surface area contributed by atoms with E-state index in [1.807, 2.05) is 17.0 Å². The first-order chi connectivity index (χ1) is 13.6. The van der Waals surface area contributed by atoms with Crippen molar-refractivity contribution in [3.63, 3.8) is 0 Å². The Labute approximate surface area is 167 Å². The molecule has 28 heavy (non-hydrogen) atoms. The highest BCUT2D eigenvalue weighted by Crippen LogP contribution is 2.24. The molecule has 0 N–H and O–H groups in total. The predicted octanol–water partition coefficient (Wildman–Crippen LogP) is 3.80. The van der Waals surface area contributed by atoms with Crippen molar-refractivity contribution in [3.05, 3.63) is 64.7 Å². The molecular formula is C24H28N2O2. The van der Waals surface area contributed by atoms with Crippen LogP contribution in [0.3, 0.4) is 0 Å². The van der Waals surface area contributed by atoms with Crippen LogP contribution in [0.25, 0.3) is 0 Å². The maximum Gasteiger partial charge on any atom is 0.223 e. The lowest BCUT2D eigenvalue weighted by Gasteiger charge is -2.36. The van der Waals surface area contributed by atoms with Gasteiger partial charge in [-0.15, -0.1) is 0 Å². The van der Waals surface area contributed by atoms with Gasteiger partial charge in [-0.1, -0.05) is 24.3 Å². The molecule has 1 saturated heterocycles. The minimum atomic E-state index is 0.0847. The Morgan fingerprint density at radius 3 is 2.46 bits per heavy atom. The number of Topliss-reactive ketones (excluding diaryl/α,β-unsaturated/α-hetero) is 1. The zero-order valence-corrected chi connectivity index (χ0v) is 16.6. The van der Waals surface area contributed by atoms with Gasteiger partial charge in [0.1, 0.15) is 0 Å². The van der Waals surface area contributed by atoms with Crippen LogP contribution in [0.4, 0.5) is 5.69 Å². The average Bonchev–Trinajstić information content (AvgIpc) is 3.20. The summed E-state index contributed by atoms with van der Waals surface area (Å²) in [6, 6.07) is 14.5. The molecule has 4 heteroatoms. The summed E-state index contributed by atoms with van der Waals surface area (Å²) in [6.45, 7) is 5.23. The van der Waals surface area contributed by atoms with E-state index in [4.69, 9.17) is 0 Å². The van der Waals surface area contributed by atoms with Crippen LogP contribution >= 0.6 is 0 Å². The monoisotopic (exact) mass is 376 g/mol. The lowest BCUT2D eigenvalue weighted by atomic mass is 10.0. The summed E-state index contributed by atoms with van der Waals surface area (Å²) in [5.74, 6) is 0.180. The van der Waals surface area contributed by atoms with Gasteiger partial charge in [-0.05, 0) is 61.1 Å². The molecule has 1 aliphatic carbocycles. The minimum Gasteiger partial charge on any atom is -0.368 e. The predicted molar refractivity (Wildman–Crippen MR) is 112 cm³/mol. The molecule has 2 aromatic carbocycles. The second kappa shape index (κ2) is 8.17. The number of fused-ring (bicyclic) bond motifs is 1. The number of ketones is 1. The number of carbonyl (C=O) groups is 2. The number of hydrogen-bond donors (Lipinski definition) is 0. The molecule has 0 aromatic heterocycles. The summed E-state index contributed by atoms with van der Waals surface area (Å²) in [4.78, 5) is 29.3. The smallest absolute Gasteiger partial charge is 0.223 e. The summed E-state index contributed by atoms with van der Waals surface area (Å²) in [5, 5.41) is 0. The number of anilines is 1. The third kappa shape index (κ3) is 4.11. The Morgan fingerprint density at radius 1 is 0.893 bits per heavy atom. The van der Waals surface area contributed by atoms with Crippen molar-refractivity contribution in [2.75, 3.05) is 31.1 Å². The number of carbonyl (C=O) groups excluding carboxylic acids is 2. The van der Waals surface area contributed by atoms with Crippen LogP contribution in [0.1, 0.15) is 46.3 Å². The van der Waals surface area contributed by atoms with E-state index >= 15 is 0 Å². The highest BCUT2D eigenvalue weighted by Gasteiger charge is 2.22. The lowest BCUT2D eigenvalue weighted by Crippen LogP contribution is -2.48. The van der Waals surface area contributed by atoms with Crippen LogP contribution in [0, 0.1) is 6.92 Å². The Hall–Kier alpha value is -2.62. The molecular weight excluding hydrogens is 348 g/mol. The summed E-state index contributed by atoms with van der Waals surface area (Å²) in [6.07, 6.45) is 3.98.